The third kappa shape index (κ3) is 3.45. The number of aromatic nitrogens is 2. The Kier molecular flexibility index (Phi) is 4.24. The molecule has 2 rings (SSSR count). The standard InChI is InChI=1S/C11H7ClF3N3OS/c12-7-1-6(11(13,14)15)2-16-8(7)3-17-10(19)9-4-20-5-18-9/h1-2,4-5H,3H2,(H,17,19). The predicted octanol–water partition coefficient (Wildman–Crippen LogP) is 3.14. The quantitative estimate of drug-likeness (QED) is 0.945. The first-order valence-electron chi connectivity index (χ1n) is 5.26. The molecule has 0 saturated carbocycles. The van der Waals surface area contributed by atoms with Gasteiger partial charge in [-0.25, -0.2) is 4.98 Å². The molecule has 2 heterocycles. The Morgan fingerprint density at radius 1 is 1.40 bits per heavy atom. The largest absolute Gasteiger partial charge is 0.417 e. The number of pyridine rings is 1. The average Bonchev–Trinajstić information content (AvgIpc) is 2.89. The van der Waals surface area contributed by atoms with E-state index in [1.54, 1.807) is 5.38 Å². The Balaban J connectivity index is 2.06. The smallest absolute Gasteiger partial charge is 0.345 e. The van der Waals surface area contributed by atoms with Gasteiger partial charge in [-0.1, -0.05) is 11.6 Å². The SMILES string of the molecule is O=C(NCc1ncc(C(F)(F)F)cc1Cl)c1cscn1. The van der Waals surface area contributed by atoms with Crippen molar-refractivity contribution >= 4 is 28.8 Å². The summed E-state index contributed by atoms with van der Waals surface area (Å²) in [6.45, 7) is -0.0761. The van der Waals surface area contributed by atoms with Crippen LogP contribution in [0.1, 0.15) is 21.7 Å². The van der Waals surface area contributed by atoms with Crippen LogP contribution < -0.4 is 5.32 Å². The van der Waals surface area contributed by atoms with Gasteiger partial charge in [0.2, 0.25) is 0 Å². The first kappa shape index (κ1) is 14.7. The highest BCUT2D eigenvalue weighted by atomic mass is 35.5. The summed E-state index contributed by atoms with van der Waals surface area (Å²) in [5, 5.41) is 3.88. The second kappa shape index (κ2) is 5.76. The van der Waals surface area contributed by atoms with Gasteiger partial charge in [0.15, 0.2) is 0 Å². The molecule has 0 unspecified atom stereocenters. The first-order valence-corrected chi connectivity index (χ1v) is 6.58. The lowest BCUT2D eigenvalue weighted by Gasteiger charge is -2.09. The molecule has 106 valence electrons. The summed E-state index contributed by atoms with van der Waals surface area (Å²) >= 11 is 6.98. The second-order valence-electron chi connectivity index (χ2n) is 3.71. The van der Waals surface area contributed by atoms with E-state index in [4.69, 9.17) is 11.6 Å². The van der Waals surface area contributed by atoms with Crippen LogP contribution in [0.4, 0.5) is 13.2 Å². The molecule has 2 aromatic rings. The Morgan fingerprint density at radius 2 is 2.15 bits per heavy atom. The molecule has 4 nitrogen and oxygen atoms in total. The minimum Gasteiger partial charge on any atom is -0.345 e. The van der Waals surface area contributed by atoms with Crippen molar-refractivity contribution in [2.24, 2.45) is 0 Å². The molecule has 0 saturated heterocycles. The van der Waals surface area contributed by atoms with Gasteiger partial charge in [-0.15, -0.1) is 11.3 Å². The fraction of sp³-hybridized carbons (Fsp3) is 0.182. The van der Waals surface area contributed by atoms with Crippen LogP contribution in [-0.4, -0.2) is 15.9 Å². The molecule has 0 aliphatic rings. The molecular formula is C11H7ClF3N3OS. The van der Waals surface area contributed by atoms with E-state index in [1.807, 2.05) is 0 Å². The molecule has 0 aliphatic carbocycles. The number of nitrogens with one attached hydrogen (secondary N) is 1. The summed E-state index contributed by atoms with van der Waals surface area (Å²) in [5.74, 6) is -0.441. The molecule has 0 spiro atoms. The third-order valence-electron chi connectivity index (χ3n) is 2.33. The zero-order chi connectivity index (χ0) is 14.8. The fourth-order valence-electron chi connectivity index (χ4n) is 1.33. The average molecular weight is 322 g/mol. The van der Waals surface area contributed by atoms with Crippen molar-refractivity contribution in [2.75, 3.05) is 0 Å². The molecular weight excluding hydrogens is 315 g/mol. The number of carbonyl (C=O) groups is 1. The number of halogens is 4. The molecule has 0 aliphatic heterocycles. The van der Waals surface area contributed by atoms with E-state index < -0.39 is 17.6 Å². The highest BCUT2D eigenvalue weighted by Gasteiger charge is 2.31. The number of hydrogen-bond acceptors (Lipinski definition) is 4. The molecule has 0 fully saturated rings. The van der Waals surface area contributed by atoms with Crippen molar-refractivity contribution in [1.29, 1.82) is 0 Å². The van der Waals surface area contributed by atoms with Crippen LogP contribution in [0, 0.1) is 0 Å². The number of rotatable bonds is 3. The summed E-state index contributed by atoms with van der Waals surface area (Å²) in [7, 11) is 0. The van der Waals surface area contributed by atoms with E-state index in [0.717, 1.165) is 6.07 Å². The predicted molar refractivity (Wildman–Crippen MR) is 67.5 cm³/mol. The van der Waals surface area contributed by atoms with Crippen LogP contribution in [0.5, 0.6) is 0 Å². The summed E-state index contributed by atoms with van der Waals surface area (Å²) in [5.41, 5.74) is 0.955. The lowest BCUT2D eigenvalue weighted by Crippen LogP contribution is -2.24. The number of alkyl halides is 3. The van der Waals surface area contributed by atoms with E-state index >= 15 is 0 Å². The molecule has 1 amide bonds. The number of nitrogens with zero attached hydrogens (tertiary/aromatic N) is 2. The topological polar surface area (TPSA) is 54.9 Å². The molecule has 0 bridgehead atoms. The number of carbonyl (C=O) groups excluding carboxylic acids is 1. The molecule has 1 N–H and O–H groups in total. The monoisotopic (exact) mass is 321 g/mol. The summed E-state index contributed by atoms with van der Waals surface area (Å²) in [6, 6.07) is 0.777. The van der Waals surface area contributed by atoms with Gasteiger partial charge >= 0.3 is 6.18 Å². The van der Waals surface area contributed by atoms with Crippen molar-refractivity contribution < 1.29 is 18.0 Å². The lowest BCUT2D eigenvalue weighted by atomic mass is 10.2. The minimum absolute atomic E-state index is 0.0761. The van der Waals surface area contributed by atoms with E-state index in [0.29, 0.717) is 6.20 Å². The van der Waals surface area contributed by atoms with Crippen molar-refractivity contribution in [2.45, 2.75) is 12.7 Å². The van der Waals surface area contributed by atoms with E-state index in [9.17, 15) is 18.0 Å². The Bertz CT molecular complexity index is 616. The third-order valence-corrected chi connectivity index (χ3v) is 3.24. The maximum atomic E-state index is 12.4. The van der Waals surface area contributed by atoms with Gasteiger partial charge < -0.3 is 5.32 Å². The molecule has 0 radical (unpaired) electrons. The van der Waals surface area contributed by atoms with E-state index in [2.05, 4.69) is 15.3 Å². The van der Waals surface area contributed by atoms with E-state index in [-0.39, 0.29) is 23.0 Å². The lowest BCUT2D eigenvalue weighted by molar-refractivity contribution is -0.137. The zero-order valence-electron chi connectivity index (χ0n) is 9.74. The van der Waals surface area contributed by atoms with Gasteiger partial charge in [-0.3, -0.25) is 9.78 Å². The Labute approximate surface area is 120 Å². The van der Waals surface area contributed by atoms with Gasteiger partial charge in [0.05, 0.1) is 28.3 Å². The normalized spacial score (nSPS) is 11.4. The van der Waals surface area contributed by atoms with Crippen molar-refractivity contribution in [3.05, 3.63) is 45.1 Å². The van der Waals surface area contributed by atoms with Crippen LogP contribution in [0.3, 0.4) is 0 Å². The van der Waals surface area contributed by atoms with Gasteiger partial charge in [-0.05, 0) is 6.07 Å². The number of thiazole rings is 1. The van der Waals surface area contributed by atoms with Crippen molar-refractivity contribution in [3.63, 3.8) is 0 Å². The molecule has 0 aromatic carbocycles. The summed E-state index contributed by atoms with van der Waals surface area (Å²) in [4.78, 5) is 19.0. The van der Waals surface area contributed by atoms with Gasteiger partial charge in [0, 0.05) is 11.6 Å². The maximum Gasteiger partial charge on any atom is 0.417 e. The summed E-state index contributed by atoms with van der Waals surface area (Å²) in [6.07, 6.45) is -3.82. The highest BCUT2D eigenvalue weighted by Crippen LogP contribution is 2.30. The number of amides is 1. The van der Waals surface area contributed by atoms with Crippen LogP contribution in [0.2, 0.25) is 5.02 Å². The first-order chi connectivity index (χ1) is 9.38. The minimum atomic E-state index is -4.50. The van der Waals surface area contributed by atoms with Crippen LogP contribution in [-0.2, 0) is 12.7 Å². The van der Waals surface area contributed by atoms with Gasteiger partial charge in [0.25, 0.3) is 5.91 Å². The number of hydrogen-bond donors (Lipinski definition) is 1. The maximum absolute atomic E-state index is 12.4. The van der Waals surface area contributed by atoms with Crippen LogP contribution in [0.25, 0.3) is 0 Å². The van der Waals surface area contributed by atoms with E-state index in [1.165, 1.54) is 16.8 Å². The van der Waals surface area contributed by atoms with Crippen molar-refractivity contribution in [1.82, 2.24) is 15.3 Å². The Morgan fingerprint density at radius 3 is 2.70 bits per heavy atom. The second-order valence-corrected chi connectivity index (χ2v) is 4.83. The fourth-order valence-corrected chi connectivity index (χ4v) is 2.10. The Hall–Kier alpha value is -1.67. The summed E-state index contributed by atoms with van der Waals surface area (Å²) < 4.78 is 37.3. The molecule has 9 heteroatoms. The highest BCUT2D eigenvalue weighted by molar-refractivity contribution is 7.07. The van der Waals surface area contributed by atoms with Gasteiger partial charge in [-0.2, -0.15) is 13.2 Å². The molecule has 2 aromatic heterocycles. The van der Waals surface area contributed by atoms with Crippen LogP contribution in [0.15, 0.2) is 23.2 Å². The zero-order valence-corrected chi connectivity index (χ0v) is 11.3. The molecule has 20 heavy (non-hydrogen) atoms. The van der Waals surface area contributed by atoms with Gasteiger partial charge in [0.1, 0.15) is 5.69 Å². The molecule has 0 atom stereocenters. The van der Waals surface area contributed by atoms with Crippen molar-refractivity contribution in [3.8, 4) is 0 Å². The van der Waals surface area contributed by atoms with Crippen LogP contribution >= 0.6 is 22.9 Å².